The van der Waals surface area contributed by atoms with E-state index in [1.54, 1.807) is 0 Å². The number of hydrogen-bond acceptors (Lipinski definition) is 2. The van der Waals surface area contributed by atoms with Gasteiger partial charge in [0.2, 0.25) is 0 Å². The van der Waals surface area contributed by atoms with Gasteiger partial charge in [-0.05, 0) is 61.4 Å². The maximum absolute atomic E-state index is 6.48. The number of hydrogen-bond donors (Lipinski definition) is 1. The third-order valence-electron chi connectivity index (χ3n) is 4.07. The summed E-state index contributed by atoms with van der Waals surface area (Å²) in [7, 11) is 0. The molecule has 1 nitrogen and oxygen atoms in total. The molecule has 0 aliphatic rings. The second kappa shape index (κ2) is 5.63. The van der Waals surface area contributed by atoms with Crippen molar-refractivity contribution in [2.75, 3.05) is 0 Å². The molecule has 2 aromatic carbocycles. The van der Waals surface area contributed by atoms with Crippen LogP contribution < -0.4 is 5.73 Å². The van der Waals surface area contributed by atoms with Gasteiger partial charge in [0.25, 0.3) is 0 Å². The highest BCUT2D eigenvalue weighted by molar-refractivity contribution is 7.19. The Labute approximate surface area is 130 Å². The van der Waals surface area contributed by atoms with Crippen molar-refractivity contribution in [3.63, 3.8) is 0 Å². The maximum Gasteiger partial charge on any atom is 0.0431 e. The molecule has 0 saturated carbocycles. The zero-order valence-corrected chi connectivity index (χ0v) is 13.6. The van der Waals surface area contributed by atoms with Gasteiger partial charge in [-0.15, -0.1) is 11.3 Å². The zero-order valence-electron chi connectivity index (χ0n) is 12.8. The zero-order chi connectivity index (χ0) is 15.0. The number of benzene rings is 2. The molecule has 2 N–H and O–H groups in total. The van der Waals surface area contributed by atoms with Gasteiger partial charge in [0.05, 0.1) is 0 Å². The number of aryl methyl sites for hydroxylation is 3. The molecular formula is C19H21NS. The van der Waals surface area contributed by atoms with Crippen LogP contribution in [-0.2, 0) is 6.42 Å². The molecule has 0 radical (unpaired) electrons. The molecule has 0 aliphatic carbocycles. The molecule has 0 saturated heterocycles. The van der Waals surface area contributed by atoms with E-state index in [0.29, 0.717) is 0 Å². The molecule has 3 aromatic rings. The van der Waals surface area contributed by atoms with Crippen LogP contribution in [0.25, 0.3) is 10.1 Å². The molecule has 0 aliphatic heterocycles. The van der Waals surface area contributed by atoms with Crippen LogP contribution >= 0.6 is 11.3 Å². The summed E-state index contributed by atoms with van der Waals surface area (Å²) in [5, 5.41) is 1.30. The van der Waals surface area contributed by atoms with Crippen molar-refractivity contribution in [3.8, 4) is 0 Å². The Hall–Kier alpha value is -1.64. The van der Waals surface area contributed by atoms with Crippen LogP contribution in [0.3, 0.4) is 0 Å². The summed E-state index contributed by atoms with van der Waals surface area (Å²) in [6.45, 7) is 6.52. The average Bonchev–Trinajstić information content (AvgIpc) is 2.86. The van der Waals surface area contributed by atoms with E-state index in [1.807, 2.05) is 11.3 Å². The third-order valence-corrected chi connectivity index (χ3v) is 5.32. The summed E-state index contributed by atoms with van der Waals surface area (Å²) in [4.78, 5) is 1.27. The van der Waals surface area contributed by atoms with E-state index in [1.165, 1.54) is 37.2 Å². The van der Waals surface area contributed by atoms with E-state index >= 15 is 0 Å². The van der Waals surface area contributed by atoms with Crippen molar-refractivity contribution in [1.29, 1.82) is 0 Å². The summed E-state index contributed by atoms with van der Waals surface area (Å²) in [5.74, 6) is 0. The van der Waals surface area contributed by atoms with E-state index in [0.717, 1.165) is 6.42 Å². The minimum Gasteiger partial charge on any atom is -0.323 e. The molecule has 1 heterocycles. The first kappa shape index (κ1) is 14.3. The summed E-state index contributed by atoms with van der Waals surface area (Å²) in [6.07, 6.45) is 0.908. The van der Waals surface area contributed by atoms with E-state index in [4.69, 9.17) is 5.73 Å². The van der Waals surface area contributed by atoms with E-state index < -0.39 is 0 Å². The first-order valence-electron chi connectivity index (χ1n) is 7.35. The van der Waals surface area contributed by atoms with Crippen LogP contribution in [0.2, 0.25) is 0 Å². The van der Waals surface area contributed by atoms with Crippen molar-refractivity contribution < 1.29 is 0 Å². The average molecular weight is 295 g/mol. The Morgan fingerprint density at radius 3 is 2.33 bits per heavy atom. The fourth-order valence-electron chi connectivity index (χ4n) is 3.04. The number of fused-ring (bicyclic) bond motifs is 1. The van der Waals surface area contributed by atoms with E-state index in [-0.39, 0.29) is 6.04 Å². The van der Waals surface area contributed by atoms with Gasteiger partial charge in [-0.25, -0.2) is 0 Å². The first-order chi connectivity index (χ1) is 10.0. The normalized spacial score (nSPS) is 12.8. The lowest BCUT2D eigenvalue weighted by Gasteiger charge is -2.15. The molecular weight excluding hydrogens is 274 g/mol. The molecule has 1 unspecified atom stereocenters. The van der Waals surface area contributed by atoms with Gasteiger partial charge in [0.15, 0.2) is 0 Å². The molecule has 3 rings (SSSR count). The van der Waals surface area contributed by atoms with Crippen LogP contribution in [0.5, 0.6) is 0 Å². The molecule has 0 spiro atoms. The Balaban J connectivity index is 1.91. The summed E-state index contributed by atoms with van der Waals surface area (Å²) < 4.78 is 1.32. The predicted octanol–water partition coefficient (Wildman–Crippen LogP) is 5.07. The topological polar surface area (TPSA) is 26.0 Å². The van der Waals surface area contributed by atoms with Crippen molar-refractivity contribution in [2.45, 2.75) is 33.2 Å². The summed E-state index contributed by atoms with van der Waals surface area (Å²) >= 11 is 1.81. The van der Waals surface area contributed by atoms with Gasteiger partial charge in [0.1, 0.15) is 0 Å². The maximum atomic E-state index is 6.48. The number of nitrogens with two attached hydrogens (primary N) is 1. The molecule has 0 bridgehead atoms. The van der Waals surface area contributed by atoms with Crippen LogP contribution in [0.1, 0.15) is 33.2 Å². The minimum absolute atomic E-state index is 0.0718. The molecule has 0 amide bonds. The molecule has 1 aromatic heterocycles. The Kier molecular flexibility index (Phi) is 3.83. The van der Waals surface area contributed by atoms with Crippen molar-refractivity contribution in [3.05, 3.63) is 69.6 Å². The van der Waals surface area contributed by atoms with Crippen LogP contribution in [-0.4, -0.2) is 0 Å². The second-order valence-corrected chi connectivity index (χ2v) is 6.99. The Bertz CT molecular complexity index is 729. The van der Waals surface area contributed by atoms with E-state index in [2.05, 4.69) is 63.2 Å². The fourth-order valence-corrected chi connectivity index (χ4v) is 4.10. The highest BCUT2D eigenvalue weighted by Gasteiger charge is 2.13. The molecule has 0 fully saturated rings. The first-order valence-corrected chi connectivity index (χ1v) is 8.17. The van der Waals surface area contributed by atoms with Crippen molar-refractivity contribution >= 4 is 21.4 Å². The summed E-state index contributed by atoms with van der Waals surface area (Å²) in [6, 6.07) is 15.3. The number of thiophene rings is 1. The third kappa shape index (κ3) is 2.87. The summed E-state index contributed by atoms with van der Waals surface area (Å²) in [5.41, 5.74) is 11.9. The lowest BCUT2D eigenvalue weighted by Crippen LogP contribution is -2.13. The van der Waals surface area contributed by atoms with Crippen LogP contribution in [0.4, 0.5) is 0 Å². The van der Waals surface area contributed by atoms with Gasteiger partial charge < -0.3 is 5.73 Å². The van der Waals surface area contributed by atoms with Gasteiger partial charge in [-0.1, -0.05) is 35.9 Å². The Morgan fingerprint density at radius 2 is 1.67 bits per heavy atom. The highest BCUT2D eigenvalue weighted by atomic mass is 32.1. The largest absolute Gasteiger partial charge is 0.323 e. The highest BCUT2D eigenvalue weighted by Crippen LogP contribution is 2.31. The van der Waals surface area contributed by atoms with Gasteiger partial charge in [-0.2, -0.15) is 0 Å². The van der Waals surface area contributed by atoms with Crippen LogP contribution in [0, 0.1) is 20.8 Å². The van der Waals surface area contributed by atoms with Gasteiger partial charge in [0, 0.05) is 15.6 Å². The van der Waals surface area contributed by atoms with Gasteiger partial charge >= 0.3 is 0 Å². The molecule has 21 heavy (non-hydrogen) atoms. The van der Waals surface area contributed by atoms with Crippen molar-refractivity contribution in [1.82, 2.24) is 0 Å². The lowest BCUT2D eigenvalue weighted by molar-refractivity contribution is 0.729. The predicted molar refractivity (Wildman–Crippen MR) is 93.1 cm³/mol. The second-order valence-electron chi connectivity index (χ2n) is 5.87. The minimum atomic E-state index is 0.0718. The SMILES string of the molecule is Cc1cc(C)c(CC(N)c2cc3ccccc3s2)c(C)c1. The number of rotatable bonds is 3. The fraction of sp³-hybridized carbons (Fsp3) is 0.263. The van der Waals surface area contributed by atoms with Crippen LogP contribution in [0.15, 0.2) is 42.5 Å². The lowest BCUT2D eigenvalue weighted by atomic mass is 9.94. The monoisotopic (exact) mass is 295 g/mol. The molecule has 108 valence electrons. The van der Waals surface area contributed by atoms with Crippen molar-refractivity contribution in [2.24, 2.45) is 5.73 Å². The standard InChI is InChI=1S/C19H21NS/c1-12-8-13(2)16(14(3)9-12)11-17(20)19-10-15-6-4-5-7-18(15)21-19/h4-10,17H,11,20H2,1-3H3. The quantitative estimate of drug-likeness (QED) is 0.717. The van der Waals surface area contributed by atoms with Gasteiger partial charge in [-0.3, -0.25) is 0 Å². The van der Waals surface area contributed by atoms with E-state index in [9.17, 15) is 0 Å². The smallest absolute Gasteiger partial charge is 0.0431 e. The molecule has 2 heteroatoms. The molecule has 1 atom stereocenters. The Morgan fingerprint density at radius 1 is 1.00 bits per heavy atom.